The molecule has 380 valence electrons. The van der Waals surface area contributed by atoms with Crippen molar-refractivity contribution in [3.05, 3.63) is 72.9 Å². The number of allylic oxidation sites excluding steroid dienone is 12. The first-order valence-corrected chi connectivity index (χ1v) is 27.9. The first kappa shape index (κ1) is 62.8. The van der Waals surface area contributed by atoms with Gasteiger partial charge in [0.2, 0.25) is 0 Å². The van der Waals surface area contributed by atoms with Crippen LogP contribution >= 0.6 is 0 Å². The normalized spacial score (nSPS) is 12.6. The Kier molecular flexibility index (Phi) is 51.9. The van der Waals surface area contributed by atoms with Crippen LogP contribution in [-0.4, -0.2) is 37.2 Å². The standard InChI is InChI=1S/C60H104O6/c1-4-7-10-13-16-19-22-25-27-28-29-30-31-33-35-38-41-44-47-50-53-59(62)65-56-57(55-64-58(61)52-49-46-43-40-37-34-24-21-18-15-12-9-6-3)66-60(63)54-51-48-45-42-39-36-32-26-23-20-17-14-11-8-5-2/h9,12,17-18,20-21,26,32,34,37,43,46,57H,4-8,10-11,13-16,19,22-25,27-31,33,35-36,38-42,44-45,47-56H2,1-3H3/b12-9-,20-17-,21-18-,32-26-,37-34-,46-43-. The van der Waals surface area contributed by atoms with Crippen LogP contribution in [0.2, 0.25) is 0 Å². The summed E-state index contributed by atoms with van der Waals surface area (Å²) >= 11 is 0. The van der Waals surface area contributed by atoms with Gasteiger partial charge in [0.1, 0.15) is 13.2 Å². The van der Waals surface area contributed by atoms with E-state index in [0.717, 1.165) is 89.9 Å². The van der Waals surface area contributed by atoms with Crippen LogP contribution in [-0.2, 0) is 28.6 Å². The maximum atomic E-state index is 12.8. The molecule has 66 heavy (non-hydrogen) atoms. The second-order valence-corrected chi connectivity index (χ2v) is 18.5. The van der Waals surface area contributed by atoms with Crippen LogP contribution in [0.1, 0.15) is 271 Å². The highest BCUT2D eigenvalue weighted by Gasteiger charge is 2.19. The maximum Gasteiger partial charge on any atom is 0.306 e. The lowest BCUT2D eigenvalue weighted by molar-refractivity contribution is -0.166. The van der Waals surface area contributed by atoms with Gasteiger partial charge in [-0.05, 0) is 77.0 Å². The van der Waals surface area contributed by atoms with Gasteiger partial charge in [-0.25, -0.2) is 0 Å². The molecule has 0 aliphatic heterocycles. The number of rotatable bonds is 50. The smallest absolute Gasteiger partial charge is 0.306 e. The maximum absolute atomic E-state index is 12.8. The SMILES string of the molecule is CC/C=C\C/C=C\C/C=C\C/C=C\CCC(=O)OCC(COC(=O)CCCCCCCCCCCCCCCCCCCCCC)OC(=O)CCCCCCC/C=C\C/C=C\CCCCC. The van der Waals surface area contributed by atoms with Crippen molar-refractivity contribution < 1.29 is 28.6 Å². The summed E-state index contributed by atoms with van der Waals surface area (Å²) in [6.45, 7) is 6.44. The van der Waals surface area contributed by atoms with Gasteiger partial charge >= 0.3 is 17.9 Å². The number of ether oxygens (including phenoxy) is 3. The molecule has 0 saturated heterocycles. The van der Waals surface area contributed by atoms with Gasteiger partial charge < -0.3 is 14.2 Å². The van der Waals surface area contributed by atoms with E-state index in [1.165, 1.54) is 135 Å². The predicted molar refractivity (Wildman–Crippen MR) is 284 cm³/mol. The van der Waals surface area contributed by atoms with Gasteiger partial charge in [-0.3, -0.25) is 14.4 Å². The zero-order valence-electron chi connectivity index (χ0n) is 43.4. The van der Waals surface area contributed by atoms with Crippen molar-refractivity contribution in [2.24, 2.45) is 0 Å². The Bertz CT molecular complexity index is 1240. The Hall–Kier alpha value is -3.15. The average molecular weight is 921 g/mol. The molecule has 0 heterocycles. The lowest BCUT2D eigenvalue weighted by Crippen LogP contribution is -2.30. The van der Waals surface area contributed by atoms with Crippen molar-refractivity contribution in [1.29, 1.82) is 0 Å². The highest BCUT2D eigenvalue weighted by atomic mass is 16.6. The first-order chi connectivity index (χ1) is 32.5. The van der Waals surface area contributed by atoms with Crippen LogP contribution in [0, 0.1) is 0 Å². The minimum absolute atomic E-state index is 0.101. The number of esters is 3. The van der Waals surface area contributed by atoms with Crippen molar-refractivity contribution in [3.63, 3.8) is 0 Å². The van der Waals surface area contributed by atoms with Crippen LogP contribution in [0.25, 0.3) is 0 Å². The van der Waals surface area contributed by atoms with Crippen molar-refractivity contribution in [1.82, 2.24) is 0 Å². The molecule has 0 fully saturated rings. The fourth-order valence-corrected chi connectivity index (χ4v) is 7.78. The lowest BCUT2D eigenvalue weighted by atomic mass is 10.0. The van der Waals surface area contributed by atoms with Gasteiger partial charge in [0.05, 0.1) is 0 Å². The van der Waals surface area contributed by atoms with E-state index in [9.17, 15) is 14.4 Å². The second kappa shape index (κ2) is 54.5. The topological polar surface area (TPSA) is 78.9 Å². The molecule has 0 saturated carbocycles. The van der Waals surface area contributed by atoms with Crippen molar-refractivity contribution in [3.8, 4) is 0 Å². The molecular weight excluding hydrogens is 817 g/mol. The van der Waals surface area contributed by atoms with Gasteiger partial charge in [0, 0.05) is 19.3 Å². The summed E-state index contributed by atoms with van der Waals surface area (Å²) in [7, 11) is 0. The Morgan fingerprint density at radius 2 is 0.621 bits per heavy atom. The van der Waals surface area contributed by atoms with Gasteiger partial charge in [-0.15, -0.1) is 0 Å². The summed E-state index contributed by atoms with van der Waals surface area (Å²) in [5.74, 6) is -0.993. The molecule has 0 aromatic rings. The summed E-state index contributed by atoms with van der Waals surface area (Å²) in [5, 5.41) is 0. The van der Waals surface area contributed by atoms with Crippen LogP contribution < -0.4 is 0 Å². The van der Waals surface area contributed by atoms with Crippen molar-refractivity contribution in [2.45, 2.75) is 277 Å². The molecule has 6 nitrogen and oxygen atoms in total. The van der Waals surface area contributed by atoms with E-state index in [-0.39, 0.29) is 37.5 Å². The molecule has 0 rings (SSSR count). The first-order valence-electron chi connectivity index (χ1n) is 27.9. The number of carbonyl (C=O) groups is 3. The van der Waals surface area contributed by atoms with Crippen molar-refractivity contribution >= 4 is 17.9 Å². The quantitative estimate of drug-likeness (QED) is 0.0262. The monoisotopic (exact) mass is 921 g/mol. The van der Waals surface area contributed by atoms with Gasteiger partial charge in [0.15, 0.2) is 6.10 Å². The van der Waals surface area contributed by atoms with Gasteiger partial charge in [0.25, 0.3) is 0 Å². The number of hydrogen-bond donors (Lipinski definition) is 0. The van der Waals surface area contributed by atoms with Crippen LogP contribution in [0.5, 0.6) is 0 Å². The predicted octanol–water partition coefficient (Wildman–Crippen LogP) is 18.6. The molecule has 0 N–H and O–H groups in total. The molecule has 0 spiro atoms. The molecule has 1 unspecified atom stereocenters. The van der Waals surface area contributed by atoms with E-state index < -0.39 is 6.10 Å². The van der Waals surface area contributed by atoms with E-state index in [2.05, 4.69) is 87.6 Å². The van der Waals surface area contributed by atoms with E-state index in [1.54, 1.807) is 0 Å². The Balaban J connectivity index is 4.39. The second-order valence-electron chi connectivity index (χ2n) is 18.5. The molecule has 0 radical (unpaired) electrons. The minimum Gasteiger partial charge on any atom is -0.462 e. The van der Waals surface area contributed by atoms with Gasteiger partial charge in [-0.2, -0.15) is 0 Å². The Labute approximate surface area is 408 Å². The lowest BCUT2D eigenvalue weighted by Gasteiger charge is -2.18. The summed E-state index contributed by atoms with van der Waals surface area (Å²) in [6, 6.07) is 0. The zero-order valence-corrected chi connectivity index (χ0v) is 43.4. The number of carbonyl (C=O) groups excluding carboxylic acids is 3. The van der Waals surface area contributed by atoms with E-state index in [1.807, 2.05) is 6.08 Å². The van der Waals surface area contributed by atoms with Crippen LogP contribution in [0.4, 0.5) is 0 Å². The highest BCUT2D eigenvalue weighted by Crippen LogP contribution is 2.16. The molecule has 0 amide bonds. The minimum atomic E-state index is -0.810. The molecule has 6 heteroatoms. The molecule has 0 aromatic heterocycles. The third kappa shape index (κ3) is 51.8. The number of hydrogen-bond acceptors (Lipinski definition) is 6. The molecule has 1 atom stereocenters. The molecular formula is C60H104O6. The summed E-state index contributed by atoms with van der Waals surface area (Å²) < 4.78 is 16.8. The molecule has 0 aromatic carbocycles. The Morgan fingerprint density at radius 1 is 0.318 bits per heavy atom. The van der Waals surface area contributed by atoms with E-state index >= 15 is 0 Å². The third-order valence-corrected chi connectivity index (χ3v) is 12.0. The summed E-state index contributed by atoms with van der Waals surface area (Å²) in [4.78, 5) is 38.0. The van der Waals surface area contributed by atoms with Crippen LogP contribution in [0.3, 0.4) is 0 Å². The number of unbranched alkanes of at least 4 members (excludes halogenated alkanes) is 27. The van der Waals surface area contributed by atoms with Crippen molar-refractivity contribution in [2.75, 3.05) is 13.2 Å². The third-order valence-electron chi connectivity index (χ3n) is 12.0. The summed E-state index contributed by atoms with van der Waals surface area (Å²) in [6.07, 6.45) is 69.1. The Morgan fingerprint density at radius 3 is 1.05 bits per heavy atom. The van der Waals surface area contributed by atoms with Crippen LogP contribution in [0.15, 0.2) is 72.9 Å². The highest BCUT2D eigenvalue weighted by molar-refractivity contribution is 5.71. The fraction of sp³-hybridized carbons (Fsp3) is 0.750. The largest absolute Gasteiger partial charge is 0.462 e. The molecule has 0 bridgehead atoms. The van der Waals surface area contributed by atoms with Gasteiger partial charge in [-0.1, -0.05) is 248 Å². The zero-order chi connectivity index (χ0) is 47.9. The molecule has 0 aliphatic carbocycles. The average Bonchev–Trinajstić information content (AvgIpc) is 3.31. The summed E-state index contributed by atoms with van der Waals surface area (Å²) in [5.41, 5.74) is 0. The fourth-order valence-electron chi connectivity index (χ4n) is 7.78. The molecule has 0 aliphatic rings. The van der Waals surface area contributed by atoms with E-state index in [4.69, 9.17) is 14.2 Å². The van der Waals surface area contributed by atoms with E-state index in [0.29, 0.717) is 19.3 Å².